The standard InChI is InChI=1S/C30H24F4N2O4S2.C15H13F2NO2S/c1-39-29(37)19-13-23(27(35)25(33)17(19)11-15-7-3-5-9-21(15)31)41-42-24-14-20(30(38)40-2)18(26(34)28(24)36)12-16-8-4-6-10-22(16)32;1-20-15(19)10-7-12(21)14(18)13(17)9(10)6-8-4-2-3-5-11(8)16/h3-10,13-14H,11-12,35-36H2,1-2H3;2-5,7,21H,6,18H2,1H3. The number of hydrogen-bond donors (Lipinski definition) is 4. The van der Waals surface area contributed by atoms with Crippen LogP contribution >= 0.6 is 34.2 Å². The number of benzene rings is 6. The molecule has 63 heavy (non-hydrogen) atoms. The average Bonchev–Trinajstić information content (AvgIpc) is 3.28. The van der Waals surface area contributed by atoms with E-state index in [-0.39, 0.29) is 101 Å². The Morgan fingerprint density at radius 1 is 0.492 bits per heavy atom. The highest BCUT2D eigenvalue weighted by atomic mass is 33.1. The highest BCUT2D eigenvalue weighted by Gasteiger charge is 2.26. The first kappa shape index (κ1) is 47.8. The second-order valence-electron chi connectivity index (χ2n) is 13.4. The van der Waals surface area contributed by atoms with Crippen LogP contribution in [-0.2, 0) is 33.5 Å². The van der Waals surface area contributed by atoms with Crippen LogP contribution in [0.25, 0.3) is 0 Å². The Kier molecular flexibility index (Phi) is 16.1. The third-order valence-electron chi connectivity index (χ3n) is 9.53. The normalized spacial score (nSPS) is 10.8. The molecule has 0 saturated heterocycles. The topological polar surface area (TPSA) is 157 Å². The Bertz CT molecular complexity index is 2600. The quantitative estimate of drug-likeness (QED) is 0.0231. The van der Waals surface area contributed by atoms with Gasteiger partial charge in [-0.3, -0.25) is 0 Å². The van der Waals surface area contributed by atoms with Crippen molar-refractivity contribution in [3.05, 3.63) is 176 Å². The molecule has 6 N–H and O–H groups in total. The van der Waals surface area contributed by atoms with Crippen molar-refractivity contribution >= 4 is 69.2 Å². The van der Waals surface area contributed by atoms with E-state index in [1.54, 1.807) is 18.2 Å². The van der Waals surface area contributed by atoms with Crippen molar-refractivity contribution in [2.24, 2.45) is 0 Å². The van der Waals surface area contributed by atoms with Crippen LogP contribution < -0.4 is 17.2 Å². The summed E-state index contributed by atoms with van der Waals surface area (Å²) in [5.41, 5.74) is 16.7. The first-order valence-corrected chi connectivity index (χ1v) is 20.9. The molecule has 6 rings (SSSR count). The molecular formula is C45H37F6N3O6S3. The molecule has 0 aliphatic rings. The Hall–Kier alpha value is -6.24. The minimum Gasteiger partial charge on any atom is -0.465 e. The summed E-state index contributed by atoms with van der Waals surface area (Å²) in [6.07, 6.45) is -0.647. The molecule has 0 aliphatic carbocycles. The van der Waals surface area contributed by atoms with Crippen LogP contribution in [0.3, 0.4) is 0 Å². The van der Waals surface area contributed by atoms with Gasteiger partial charge in [-0.05, 0) is 53.1 Å². The Balaban J connectivity index is 0.000000298. The molecular weight excluding hydrogens is 889 g/mol. The maximum atomic E-state index is 15.6. The van der Waals surface area contributed by atoms with E-state index < -0.39 is 52.8 Å². The molecule has 328 valence electrons. The zero-order chi connectivity index (χ0) is 46.1. The summed E-state index contributed by atoms with van der Waals surface area (Å²) in [5.74, 6) is -6.80. The van der Waals surface area contributed by atoms with Gasteiger partial charge in [-0.25, -0.2) is 40.7 Å². The van der Waals surface area contributed by atoms with Crippen LogP contribution in [0.15, 0.2) is 106 Å². The molecule has 9 nitrogen and oxygen atoms in total. The monoisotopic (exact) mass is 925 g/mol. The van der Waals surface area contributed by atoms with Crippen LogP contribution in [0.2, 0.25) is 0 Å². The van der Waals surface area contributed by atoms with Crippen molar-refractivity contribution < 1.29 is 54.9 Å². The first-order chi connectivity index (χ1) is 30.0. The van der Waals surface area contributed by atoms with Crippen LogP contribution in [0.1, 0.15) is 64.5 Å². The molecule has 18 heteroatoms. The second kappa shape index (κ2) is 21.2. The Morgan fingerprint density at radius 3 is 1.08 bits per heavy atom. The zero-order valence-electron chi connectivity index (χ0n) is 33.5. The average molecular weight is 926 g/mol. The molecule has 0 spiro atoms. The van der Waals surface area contributed by atoms with Crippen LogP contribution in [0.4, 0.5) is 43.4 Å². The number of carbonyl (C=O) groups is 3. The van der Waals surface area contributed by atoms with Crippen molar-refractivity contribution in [1.82, 2.24) is 0 Å². The predicted molar refractivity (Wildman–Crippen MR) is 233 cm³/mol. The summed E-state index contributed by atoms with van der Waals surface area (Å²) in [6.45, 7) is 0. The van der Waals surface area contributed by atoms with Gasteiger partial charge in [0, 0.05) is 50.6 Å². The smallest absolute Gasteiger partial charge is 0.338 e. The van der Waals surface area contributed by atoms with Gasteiger partial charge in [0.25, 0.3) is 0 Å². The van der Waals surface area contributed by atoms with Gasteiger partial charge in [-0.1, -0.05) is 76.2 Å². The number of esters is 3. The maximum Gasteiger partial charge on any atom is 0.338 e. The summed E-state index contributed by atoms with van der Waals surface area (Å²) in [6, 6.07) is 21.3. The molecule has 0 amide bonds. The van der Waals surface area contributed by atoms with Gasteiger partial charge in [0.05, 0.1) is 55.1 Å². The van der Waals surface area contributed by atoms with Gasteiger partial charge in [0.1, 0.15) is 17.5 Å². The van der Waals surface area contributed by atoms with Gasteiger partial charge in [-0.15, -0.1) is 12.6 Å². The second-order valence-corrected chi connectivity index (χ2v) is 16.0. The molecule has 0 saturated carbocycles. The van der Waals surface area contributed by atoms with E-state index >= 15 is 8.78 Å². The third kappa shape index (κ3) is 10.9. The number of thiol groups is 1. The van der Waals surface area contributed by atoms with Crippen molar-refractivity contribution in [2.75, 3.05) is 38.5 Å². The van der Waals surface area contributed by atoms with Gasteiger partial charge in [0.15, 0.2) is 17.5 Å². The molecule has 0 unspecified atom stereocenters. The summed E-state index contributed by atoms with van der Waals surface area (Å²) >= 11 is 4.02. The molecule has 0 aromatic heterocycles. The lowest BCUT2D eigenvalue weighted by molar-refractivity contribution is 0.0589. The number of rotatable bonds is 12. The van der Waals surface area contributed by atoms with Crippen molar-refractivity contribution in [2.45, 2.75) is 33.9 Å². The highest BCUT2D eigenvalue weighted by Crippen LogP contribution is 2.46. The molecule has 6 aromatic rings. The van der Waals surface area contributed by atoms with Gasteiger partial charge in [-0.2, -0.15) is 0 Å². The summed E-state index contributed by atoms with van der Waals surface area (Å²) in [4.78, 5) is 37.2. The number of halogens is 6. The first-order valence-electron chi connectivity index (χ1n) is 18.3. The van der Waals surface area contributed by atoms with Gasteiger partial charge >= 0.3 is 17.9 Å². The van der Waals surface area contributed by atoms with Crippen LogP contribution in [-0.4, -0.2) is 39.2 Å². The van der Waals surface area contributed by atoms with E-state index in [0.29, 0.717) is 0 Å². The van der Waals surface area contributed by atoms with Gasteiger partial charge in [0.2, 0.25) is 0 Å². The lowest BCUT2D eigenvalue weighted by atomic mass is 9.98. The summed E-state index contributed by atoms with van der Waals surface area (Å²) in [7, 11) is 5.11. The van der Waals surface area contributed by atoms with Crippen LogP contribution in [0.5, 0.6) is 0 Å². The lowest BCUT2D eigenvalue weighted by Crippen LogP contribution is -2.12. The molecule has 0 aliphatic heterocycles. The van der Waals surface area contributed by atoms with E-state index in [9.17, 15) is 31.9 Å². The van der Waals surface area contributed by atoms with E-state index in [1.165, 1.54) is 79.9 Å². The maximum absolute atomic E-state index is 15.6. The number of carbonyl (C=O) groups excluding carboxylic acids is 3. The van der Waals surface area contributed by atoms with E-state index in [4.69, 9.17) is 26.7 Å². The summed E-state index contributed by atoms with van der Waals surface area (Å²) < 4.78 is 102. The van der Waals surface area contributed by atoms with Crippen molar-refractivity contribution in [3.8, 4) is 0 Å². The third-order valence-corrected chi connectivity index (χ3v) is 12.3. The number of ether oxygens (including phenoxy) is 3. The number of methoxy groups -OCH3 is 3. The van der Waals surface area contributed by atoms with Crippen molar-refractivity contribution in [3.63, 3.8) is 0 Å². The molecule has 6 aromatic carbocycles. The molecule has 0 atom stereocenters. The Morgan fingerprint density at radius 2 is 0.778 bits per heavy atom. The van der Waals surface area contributed by atoms with Crippen LogP contribution in [0, 0.1) is 34.9 Å². The number of hydrogen-bond acceptors (Lipinski definition) is 12. The minimum absolute atomic E-state index is 0.0118. The van der Waals surface area contributed by atoms with Crippen molar-refractivity contribution in [1.29, 1.82) is 0 Å². The molecule has 0 radical (unpaired) electrons. The number of nitrogens with two attached hydrogens (primary N) is 3. The minimum atomic E-state index is -0.945. The number of nitrogen functional groups attached to an aromatic ring is 3. The predicted octanol–water partition coefficient (Wildman–Crippen LogP) is 10.2. The fourth-order valence-corrected chi connectivity index (χ4v) is 8.65. The lowest BCUT2D eigenvalue weighted by Gasteiger charge is -2.17. The number of anilines is 3. The zero-order valence-corrected chi connectivity index (χ0v) is 36.0. The fourth-order valence-electron chi connectivity index (χ4n) is 6.18. The molecule has 0 heterocycles. The summed E-state index contributed by atoms with van der Waals surface area (Å²) in [5, 5.41) is 0. The van der Waals surface area contributed by atoms with E-state index in [2.05, 4.69) is 17.4 Å². The highest BCUT2D eigenvalue weighted by molar-refractivity contribution is 8.76. The molecule has 0 bridgehead atoms. The van der Waals surface area contributed by atoms with Gasteiger partial charge < -0.3 is 31.4 Å². The van der Waals surface area contributed by atoms with E-state index in [1.807, 2.05) is 0 Å². The SMILES string of the molecule is COC(=O)c1cc(S)c(N)c(F)c1Cc1ccccc1F.COC(=O)c1cc(SSc2cc(C(=O)OC)c(Cc3ccccc3F)c(F)c2N)c(N)c(F)c1Cc1ccccc1F. The largest absolute Gasteiger partial charge is 0.465 e. The van der Waals surface area contributed by atoms with E-state index in [0.717, 1.165) is 35.8 Å². The molecule has 0 fully saturated rings. The fraction of sp³-hybridized carbons (Fsp3) is 0.133. The Labute approximate surface area is 371 Å².